The molecule has 0 unspecified atom stereocenters. The predicted octanol–water partition coefficient (Wildman–Crippen LogP) is 5.20. The normalized spacial score (nSPS) is 11.5. The monoisotopic (exact) mass is 303 g/mol. The molecular formula is C18H22ClNO. The van der Waals surface area contributed by atoms with Gasteiger partial charge in [-0.05, 0) is 47.2 Å². The molecule has 2 rings (SSSR count). The Balaban J connectivity index is 2.26. The maximum absolute atomic E-state index is 6.16. The van der Waals surface area contributed by atoms with Gasteiger partial charge in [-0.25, -0.2) is 0 Å². The van der Waals surface area contributed by atoms with Crippen LogP contribution in [-0.4, -0.2) is 0 Å². The molecule has 2 N–H and O–H groups in total. The molecule has 0 atom stereocenters. The first-order valence-corrected chi connectivity index (χ1v) is 7.46. The second kappa shape index (κ2) is 6.08. The van der Waals surface area contributed by atoms with Crippen molar-refractivity contribution in [2.24, 2.45) is 5.73 Å². The molecule has 0 saturated heterocycles. The quantitative estimate of drug-likeness (QED) is 0.846. The summed E-state index contributed by atoms with van der Waals surface area (Å²) >= 11 is 6.16. The molecule has 0 aromatic heterocycles. The molecule has 0 aliphatic heterocycles. The zero-order valence-electron chi connectivity index (χ0n) is 13.0. The average molecular weight is 304 g/mol. The van der Waals surface area contributed by atoms with E-state index in [9.17, 15) is 0 Å². The Morgan fingerprint density at radius 2 is 1.81 bits per heavy atom. The van der Waals surface area contributed by atoms with Crippen molar-refractivity contribution in [1.29, 1.82) is 0 Å². The zero-order chi connectivity index (χ0) is 15.6. The van der Waals surface area contributed by atoms with Crippen LogP contribution in [0, 0.1) is 6.92 Å². The first-order chi connectivity index (χ1) is 9.81. The van der Waals surface area contributed by atoms with E-state index in [1.54, 1.807) is 6.07 Å². The molecule has 21 heavy (non-hydrogen) atoms. The lowest BCUT2D eigenvalue weighted by Crippen LogP contribution is -2.11. The Bertz CT molecular complexity index is 644. The van der Waals surface area contributed by atoms with Gasteiger partial charge < -0.3 is 10.5 Å². The lowest BCUT2D eigenvalue weighted by Gasteiger charge is -2.20. The minimum Gasteiger partial charge on any atom is -0.457 e. The lowest BCUT2D eigenvalue weighted by atomic mass is 9.86. The summed E-state index contributed by atoms with van der Waals surface area (Å²) in [4.78, 5) is 0. The van der Waals surface area contributed by atoms with Crippen LogP contribution in [0.15, 0.2) is 36.4 Å². The highest BCUT2D eigenvalue weighted by Gasteiger charge is 2.15. The van der Waals surface area contributed by atoms with Gasteiger partial charge in [-0.1, -0.05) is 50.6 Å². The van der Waals surface area contributed by atoms with Crippen molar-refractivity contribution in [3.8, 4) is 11.5 Å². The van der Waals surface area contributed by atoms with Crippen molar-refractivity contribution in [3.05, 3.63) is 58.1 Å². The number of aryl methyl sites for hydroxylation is 1. The van der Waals surface area contributed by atoms with Gasteiger partial charge in [-0.15, -0.1) is 0 Å². The van der Waals surface area contributed by atoms with Crippen molar-refractivity contribution in [2.75, 3.05) is 0 Å². The van der Waals surface area contributed by atoms with Gasteiger partial charge >= 0.3 is 0 Å². The number of nitrogens with two attached hydrogens (primary N) is 1. The minimum atomic E-state index is 0.134. The molecule has 112 valence electrons. The molecule has 0 bridgehead atoms. The molecule has 2 aromatic carbocycles. The molecule has 0 fully saturated rings. The van der Waals surface area contributed by atoms with Crippen molar-refractivity contribution in [1.82, 2.24) is 0 Å². The number of ether oxygens (including phenoxy) is 1. The SMILES string of the molecule is Cc1cc(C(C)(C)C)ccc1Oc1ccc(CN)c(Cl)c1. The zero-order valence-corrected chi connectivity index (χ0v) is 13.8. The Morgan fingerprint density at radius 1 is 1.10 bits per heavy atom. The summed E-state index contributed by atoms with van der Waals surface area (Å²) in [7, 11) is 0. The summed E-state index contributed by atoms with van der Waals surface area (Å²) in [5.74, 6) is 1.57. The largest absolute Gasteiger partial charge is 0.457 e. The molecule has 2 nitrogen and oxygen atoms in total. The summed E-state index contributed by atoms with van der Waals surface area (Å²) in [6.07, 6.45) is 0. The average Bonchev–Trinajstić information content (AvgIpc) is 2.40. The van der Waals surface area contributed by atoms with Crippen molar-refractivity contribution in [3.63, 3.8) is 0 Å². The van der Waals surface area contributed by atoms with Crippen LogP contribution >= 0.6 is 11.6 Å². The van der Waals surface area contributed by atoms with E-state index in [1.807, 2.05) is 18.2 Å². The Hall–Kier alpha value is -1.51. The fourth-order valence-corrected chi connectivity index (χ4v) is 2.36. The molecule has 0 spiro atoms. The number of hydrogen-bond acceptors (Lipinski definition) is 2. The number of hydrogen-bond donors (Lipinski definition) is 1. The van der Waals surface area contributed by atoms with Gasteiger partial charge in [-0.3, -0.25) is 0 Å². The van der Waals surface area contributed by atoms with E-state index in [1.165, 1.54) is 5.56 Å². The molecule has 0 amide bonds. The fraction of sp³-hybridized carbons (Fsp3) is 0.333. The minimum absolute atomic E-state index is 0.134. The third-order valence-electron chi connectivity index (χ3n) is 3.51. The molecule has 3 heteroatoms. The smallest absolute Gasteiger partial charge is 0.130 e. The first-order valence-electron chi connectivity index (χ1n) is 7.09. The Kier molecular flexibility index (Phi) is 4.60. The van der Waals surface area contributed by atoms with Gasteiger partial charge in [0.25, 0.3) is 0 Å². The van der Waals surface area contributed by atoms with Gasteiger partial charge in [-0.2, -0.15) is 0 Å². The maximum Gasteiger partial charge on any atom is 0.130 e. The number of halogens is 1. The van der Waals surface area contributed by atoms with Gasteiger partial charge in [0.2, 0.25) is 0 Å². The summed E-state index contributed by atoms with van der Waals surface area (Å²) < 4.78 is 5.93. The molecule has 0 heterocycles. The van der Waals surface area contributed by atoms with Crippen molar-refractivity contribution < 1.29 is 4.74 Å². The summed E-state index contributed by atoms with van der Waals surface area (Å²) in [5, 5.41) is 0.638. The van der Waals surface area contributed by atoms with Crippen LogP contribution < -0.4 is 10.5 Å². The molecule has 2 aromatic rings. The maximum atomic E-state index is 6.16. The summed E-state index contributed by atoms with van der Waals surface area (Å²) in [6, 6.07) is 11.9. The van der Waals surface area contributed by atoms with Crippen LogP contribution in [0.4, 0.5) is 0 Å². The van der Waals surface area contributed by atoms with E-state index in [2.05, 4.69) is 39.8 Å². The highest BCUT2D eigenvalue weighted by Crippen LogP contribution is 2.31. The fourth-order valence-electron chi connectivity index (χ4n) is 2.11. The third-order valence-corrected chi connectivity index (χ3v) is 3.87. The molecular weight excluding hydrogens is 282 g/mol. The van der Waals surface area contributed by atoms with Crippen LogP contribution in [0.1, 0.15) is 37.5 Å². The van der Waals surface area contributed by atoms with Crippen LogP contribution in [0.25, 0.3) is 0 Å². The summed E-state index contributed by atoms with van der Waals surface area (Å²) in [6.45, 7) is 9.09. The van der Waals surface area contributed by atoms with E-state index < -0.39 is 0 Å². The molecule has 0 aliphatic carbocycles. The van der Waals surface area contributed by atoms with E-state index in [0.717, 1.165) is 22.6 Å². The second-order valence-corrected chi connectivity index (χ2v) is 6.70. The highest BCUT2D eigenvalue weighted by atomic mass is 35.5. The van der Waals surface area contributed by atoms with E-state index in [-0.39, 0.29) is 5.41 Å². The van der Waals surface area contributed by atoms with E-state index in [4.69, 9.17) is 22.1 Å². The molecule has 0 aliphatic rings. The number of benzene rings is 2. The van der Waals surface area contributed by atoms with Crippen LogP contribution in [0.5, 0.6) is 11.5 Å². The molecule has 0 radical (unpaired) electrons. The standard InChI is InChI=1S/C18H22ClNO/c1-12-9-14(18(2,3)4)6-8-17(12)21-15-7-5-13(11-20)16(19)10-15/h5-10H,11,20H2,1-4H3. The highest BCUT2D eigenvalue weighted by molar-refractivity contribution is 6.31. The van der Waals surface area contributed by atoms with Crippen molar-refractivity contribution in [2.45, 2.75) is 39.7 Å². The van der Waals surface area contributed by atoms with Crippen LogP contribution in [-0.2, 0) is 12.0 Å². The first kappa shape index (κ1) is 15.9. The lowest BCUT2D eigenvalue weighted by molar-refractivity contribution is 0.477. The van der Waals surface area contributed by atoms with Crippen molar-refractivity contribution >= 4 is 11.6 Å². The Labute approximate surface area is 131 Å². The predicted molar refractivity (Wildman–Crippen MR) is 89.3 cm³/mol. The topological polar surface area (TPSA) is 35.2 Å². The van der Waals surface area contributed by atoms with E-state index >= 15 is 0 Å². The summed E-state index contributed by atoms with van der Waals surface area (Å²) in [5.41, 5.74) is 9.07. The van der Waals surface area contributed by atoms with E-state index in [0.29, 0.717) is 11.6 Å². The number of rotatable bonds is 3. The van der Waals surface area contributed by atoms with Crippen LogP contribution in [0.3, 0.4) is 0 Å². The van der Waals surface area contributed by atoms with Gasteiger partial charge in [0.15, 0.2) is 0 Å². The molecule has 0 saturated carbocycles. The van der Waals surface area contributed by atoms with Gasteiger partial charge in [0.1, 0.15) is 11.5 Å². The van der Waals surface area contributed by atoms with Gasteiger partial charge in [0, 0.05) is 11.6 Å². The Morgan fingerprint density at radius 3 is 2.33 bits per heavy atom. The van der Waals surface area contributed by atoms with Gasteiger partial charge in [0.05, 0.1) is 0 Å². The van der Waals surface area contributed by atoms with Crippen LogP contribution in [0.2, 0.25) is 5.02 Å². The second-order valence-electron chi connectivity index (χ2n) is 6.29. The third kappa shape index (κ3) is 3.78.